The summed E-state index contributed by atoms with van der Waals surface area (Å²) in [4.78, 5) is 21.9. The molecular weight excluding hydrogens is 396 g/mol. The zero-order valence-corrected chi connectivity index (χ0v) is 17.4. The summed E-state index contributed by atoms with van der Waals surface area (Å²) in [6.45, 7) is 5.89. The number of methoxy groups -OCH3 is 1. The third-order valence-corrected chi connectivity index (χ3v) is 6.51. The van der Waals surface area contributed by atoms with Crippen LogP contribution >= 0.6 is 23.1 Å². The zero-order valence-electron chi connectivity index (χ0n) is 15.8. The molecule has 9 heteroatoms. The molecule has 3 aromatic heterocycles. The van der Waals surface area contributed by atoms with Gasteiger partial charge in [-0.3, -0.25) is 4.79 Å². The van der Waals surface area contributed by atoms with Crippen LogP contribution in [0.1, 0.15) is 28.4 Å². The number of H-pyrrole nitrogens is 1. The molecule has 0 saturated carbocycles. The number of benzene rings is 1. The van der Waals surface area contributed by atoms with Gasteiger partial charge in [-0.15, -0.1) is 21.5 Å². The van der Waals surface area contributed by atoms with E-state index in [1.807, 2.05) is 45.0 Å². The van der Waals surface area contributed by atoms with E-state index < -0.39 is 0 Å². The summed E-state index contributed by atoms with van der Waals surface area (Å²) in [7, 11) is 1.62. The molecule has 7 nitrogen and oxygen atoms in total. The lowest BCUT2D eigenvalue weighted by Gasteiger charge is -2.07. The summed E-state index contributed by atoms with van der Waals surface area (Å²) in [5, 5.41) is 9.14. The zero-order chi connectivity index (χ0) is 19.8. The van der Waals surface area contributed by atoms with Crippen LogP contribution < -0.4 is 10.3 Å². The lowest BCUT2D eigenvalue weighted by Crippen LogP contribution is -2.12. The second-order valence-electron chi connectivity index (χ2n) is 6.28. The van der Waals surface area contributed by atoms with E-state index in [0.717, 1.165) is 26.6 Å². The van der Waals surface area contributed by atoms with Crippen LogP contribution in [0, 0.1) is 13.8 Å². The largest absolute Gasteiger partial charge is 0.497 e. The summed E-state index contributed by atoms with van der Waals surface area (Å²) >= 11 is 2.89. The van der Waals surface area contributed by atoms with Crippen molar-refractivity contribution in [1.29, 1.82) is 0 Å². The van der Waals surface area contributed by atoms with Crippen molar-refractivity contribution in [3.05, 3.63) is 50.9 Å². The summed E-state index contributed by atoms with van der Waals surface area (Å²) in [5.41, 5.74) is 1.69. The van der Waals surface area contributed by atoms with Crippen LogP contribution in [0.3, 0.4) is 0 Å². The van der Waals surface area contributed by atoms with Gasteiger partial charge in [0.05, 0.1) is 17.7 Å². The predicted octanol–water partition coefficient (Wildman–Crippen LogP) is 4.51. The molecule has 0 amide bonds. The normalized spacial score (nSPS) is 12.4. The van der Waals surface area contributed by atoms with Gasteiger partial charge in [0.2, 0.25) is 5.89 Å². The molecule has 1 N–H and O–H groups in total. The Morgan fingerprint density at radius 1 is 1.21 bits per heavy atom. The van der Waals surface area contributed by atoms with E-state index >= 15 is 0 Å². The lowest BCUT2D eigenvalue weighted by molar-refractivity contribution is 0.414. The van der Waals surface area contributed by atoms with Gasteiger partial charge in [0.1, 0.15) is 16.4 Å². The third kappa shape index (κ3) is 3.43. The van der Waals surface area contributed by atoms with E-state index in [9.17, 15) is 4.79 Å². The van der Waals surface area contributed by atoms with Crippen molar-refractivity contribution < 1.29 is 9.15 Å². The second kappa shape index (κ2) is 7.40. The smallest absolute Gasteiger partial charge is 0.277 e. The highest BCUT2D eigenvalue weighted by atomic mass is 32.2. The first kappa shape index (κ1) is 18.7. The van der Waals surface area contributed by atoms with Crippen LogP contribution in [0.2, 0.25) is 0 Å². The summed E-state index contributed by atoms with van der Waals surface area (Å²) in [6, 6.07) is 7.39. The fourth-order valence-electron chi connectivity index (χ4n) is 2.78. The number of thiophene rings is 1. The molecule has 0 bridgehead atoms. The van der Waals surface area contributed by atoms with Crippen LogP contribution in [0.25, 0.3) is 21.7 Å². The van der Waals surface area contributed by atoms with E-state index in [1.54, 1.807) is 7.11 Å². The number of hydrogen-bond acceptors (Lipinski definition) is 8. The molecule has 0 aliphatic carbocycles. The molecule has 144 valence electrons. The number of nitrogens with zero attached hydrogens (tertiary/aromatic N) is 3. The first-order chi connectivity index (χ1) is 13.5. The number of aryl methyl sites for hydroxylation is 2. The number of thioether (sulfide) groups is 1. The molecular formula is C19H18N4O3S2. The quantitative estimate of drug-likeness (QED) is 0.480. The van der Waals surface area contributed by atoms with E-state index in [4.69, 9.17) is 9.15 Å². The number of aromatic nitrogens is 4. The van der Waals surface area contributed by atoms with Gasteiger partial charge in [-0.25, -0.2) is 4.98 Å². The Hall–Kier alpha value is -2.65. The monoisotopic (exact) mass is 414 g/mol. The Kier molecular flexibility index (Phi) is 4.94. The summed E-state index contributed by atoms with van der Waals surface area (Å²) < 4.78 is 10.9. The minimum atomic E-state index is -0.149. The average molecular weight is 415 g/mol. The van der Waals surface area contributed by atoms with Crippen LogP contribution in [0.15, 0.2) is 38.7 Å². The maximum Gasteiger partial charge on any atom is 0.277 e. The summed E-state index contributed by atoms with van der Waals surface area (Å²) in [5.74, 6) is 1.78. The number of fused-ring (bicyclic) bond motifs is 1. The van der Waals surface area contributed by atoms with Crippen molar-refractivity contribution in [1.82, 2.24) is 20.2 Å². The van der Waals surface area contributed by atoms with Gasteiger partial charge in [0.15, 0.2) is 0 Å². The second-order valence-corrected chi connectivity index (χ2v) is 8.77. The molecule has 1 aromatic carbocycles. The Morgan fingerprint density at radius 2 is 1.96 bits per heavy atom. The Bertz CT molecular complexity index is 1190. The number of rotatable bonds is 5. The van der Waals surface area contributed by atoms with Crippen molar-refractivity contribution in [2.24, 2.45) is 0 Å². The van der Waals surface area contributed by atoms with Crippen LogP contribution in [-0.4, -0.2) is 27.3 Å². The SMILES string of the molecule is COc1ccc(-c2nnc(S[C@@H](C)c3nc4sc(C)c(C)c4c(=O)[nH]3)o2)cc1. The Labute approximate surface area is 169 Å². The molecule has 3 heterocycles. The van der Waals surface area contributed by atoms with Gasteiger partial charge in [-0.05, 0) is 50.6 Å². The third-order valence-electron chi connectivity index (χ3n) is 4.46. The maximum absolute atomic E-state index is 12.5. The molecule has 0 aliphatic heterocycles. The van der Waals surface area contributed by atoms with Gasteiger partial charge >= 0.3 is 0 Å². The first-order valence-corrected chi connectivity index (χ1v) is 10.3. The highest BCUT2D eigenvalue weighted by molar-refractivity contribution is 7.99. The van der Waals surface area contributed by atoms with E-state index in [0.29, 0.717) is 22.3 Å². The van der Waals surface area contributed by atoms with E-state index in [1.165, 1.54) is 23.1 Å². The molecule has 4 aromatic rings. The molecule has 0 radical (unpaired) electrons. The van der Waals surface area contributed by atoms with Crippen molar-refractivity contribution in [2.45, 2.75) is 31.2 Å². The number of nitrogens with one attached hydrogen (secondary N) is 1. The summed E-state index contributed by atoms with van der Waals surface area (Å²) in [6.07, 6.45) is 0. The molecule has 28 heavy (non-hydrogen) atoms. The topological polar surface area (TPSA) is 93.9 Å². The standard InChI is InChI=1S/C19H18N4O3S2/c1-9-10(2)27-18-14(9)16(24)20-15(21-18)11(3)28-19-23-22-17(26-19)12-5-7-13(25-4)8-6-12/h5-8,11H,1-4H3,(H,20,21,24)/t11-/m0/s1. The average Bonchev–Trinajstić information content (AvgIpc) is 3.26. The molecule has 0 saturated heterocycles. The van der Waals surface area contributed by atoms with Crippen LogP contribution in [-0.2, 0) is 0 Å². The van der Waals surface area contributed by atoms with Crippen molar-refractivity contribution in [3.63, 3.8) is 0 Å². The number of aromatic amines is 1. The fraction of sp³-hybridized carbons (Fsp3) is 0.263. The molecule has 0 unspecified atom stereocenters. The highest BCUT2D eigenvalue weighted by Gasteiger charge is 2.19. The van der Waals surface area contributed by atoms with E-state index in [-0.39, 0.29) is 10.8 Å². The lowest BCUT2D eigenvalue weighted by atomic mass is 10.2. The molecule has 1 atom stereocenters. The van der Waals surface area contributed by atoms with Gasteiger partial charge in [-0.1, -0.05) is 11.8 Å². The van der Waals surface area contributed by atoms with Gasteiger partial charge in [0, 0.05) is 10.4 Å². The van der Waals surface area contributed by atoms with Gasteiger partial charge < -0.3 is 14.1 Å². The first-order valence-electron chi connectivity index (χ1n) is 8.60. The fourth-order valence-corrected chi connectivity index (χ4v) is 4.56. The minimum absolute atomic E-state index is 0.112. The predicted molar refractivity (Wildman–Crippen MR) is 110 cm³/mol. The number of ether oxygens (including phenoxy) is 1. The van der Waals surface area contributed by atoms with Crippen molar-refractivity contribution in [2.75, 3.05) is 7.11 Å². The van der Waals surface area contributed by atoms with Gasteiger partial charge in [-0.2, -0.15) is 0 Å². The molecule has 0 spiro atoms. The van der Waals surface area contributed by atoms with Crippen LogP contribution in [0.5, 0.6) is 5.75 Å². The molecule has 4 rings (SSSR count). The van der Waals surface area contributed by atoms with Crippen molar-refractivity contribution >= 4 is 33.3 Å². The Morgan fingerprint density at radius 3 is 2.68 bits per heavy atom. The Balaban J connectivity index is 1.57. The number of hydrogen-bond donors (Lipinski definition) is 1. The molecule has 0 fully saturated rings. The minimum Gasteiger partial charge on any atom is -0.497 e. The molecule has 0 aliphatic rings. The maximum atomic E-state index is 12.5. The highest BCUT2D eigenvalue weighted by Crippen LogP contribution is 2.35. The van der Waals surface area contributed by atoms with E-state index in [2.05, 4.69) is 20.2 Å². The van der Waals surface area contributed by atoms with Crippen molar-refractivity contribution in [3.8, 4) is 17.2 Å². The van der Waals surface area contributed by atoms with Crippen LogP contribution in [0.4, 0.5) is 0 Å². The van der Waals surface area contributed by atoms with Gasteiger partial charge in [0.25, 0.3) is 10.8 Å².